The van der Waals surface area contributed by atoms with Gasteiger partial charge in [0.05, 0.1) is 0 Å². The Bertz CT molecular complexity index is 717. The highest BCUT2D eigenvalue weighted by atomic mass is 32.2. The van der Waals surface area contributed by atoms with Gasteiger partial charge in [-0.15, -0.1) is 0 Å². The molecule has 0 atom stereocenters. The number of nitrogens with zero attached hydrogens (tertiary/aromatic N) is 3. The second-order valence-electron chi connectivity index (χ2n) is 5.43. The first kappa shape index (κ1) is 15.8. The van der Waals surface area contributed by atoms with Crippen molar-refractivity contribution in [2.45, 2.75) is 42.7 Å². The molecule has 2 aromatic heterocycles. The minimum Gasteiger partial charge on any atom is -0.460 e. The van der Waals surface area contributed by atoms with E-state index in [1.807, 2.05) is 0 Å². The molecular weight excluding hydrogens is 316 g/mol. The van der Waals surface area contributed by atoms with Crippen LogP contribution < -0.4 is 9.46 Å². The Morgan fingerprint density at radius 1 is 1.04 bits per heavy atom. The quantitative estimate of drug-likeness (QED) is 0.891. The predicted octanol–water partition coefficient (Wildman–Crippen LogP) is 1.54. The molecule has 0 unspecified atom stereocenters. The molecule has 1 saturated carbocycles. The van der Waals surface area contributed by atoms with Crippen molar-refractivity contribution in [3.8, 4) is 6.01 Å². The zero-order valence-electron chi connectivity index (χ0n) is 12.5. The topological polar surface area (TPSA) is 94.1 Å². The maximum absolute atomic E-state index is 12.3. The molecule has 8 heteroatoms. The van der Waals surface area contributed by atoms with E-state index in [1.165, 1.54) is 12.3 Å². The zero-order chi connectivity index (χ0) is 16.1. The van der Waals surface area contributed by atoms with Crippen LogP contribution in [0.25, 0.3) is 0 Å². The van der Waals surface area contributed by atoms with E-state index in [1.54, 1.807) is 30.7 Å². The Hall–Kier alpha value is -2.06. The van der Waals surface area contributed by atoms with Crippen LogP contribution in [0.3, 0.4) is 0 Å². The fraction of sp³-hybridized carbons (Fsp3) is 0.400. The van der Waals surface area contributed by atoms with Crippen LogP contribution in [0.5, 0.6) is 6.01 Å². The van der Waals surface area contributed by atoms with Gasteiger partial charge in [0.15, 0.2) is 0 Å². The Balaban J connectivity index is 1.53. The number of pyridine rings is 1. The van der Waals surface area contributed by atoms with Gasteiger partial charge in [-0.25, -0.2) is 23.1 Å². The summed E-state index contributed by atoms with van der Waals surface area (Å²) >= 11 is 0. The van der Waals surface area contributed by atoms with Crippen molar-refractivity contribution in [2.75, 3.05) is 0 Å². The van der Waals surface area contributed by atoms with Crippen LogP contribution in [0.2, 0.25) is 0 Å². The molecule has 0 saturated heterocycles. The summed E-state index contributed by atoms with van der Waals surface area (Å²) in [6, 6.07) is 5.16. The van der Waals surface area contributed by atoms with Gasteiger partial charge in [0, 0.05) is 30.8 Å². The second kappa shape index (κ2) is 7.01. The summed E-state index contributed by atoms with van der Waals surface area (Å²) < 4.78 is 33.0. The highest BCUT2D eigenvalue weighted by Gasteiger charge is 2.27. The molecule has 3 rings (SSSR count). The molecule has 0 bridgehead atoms. The molecule has 2 heterocycles. The number of ether oxygens (including phenoxy) is 1. The van der Waals surface area contributed by atoms with Crippen LogP contribution in [0.4, 0.5) is 0 Å². The maximum atomic E-state index is 12.3. The summed E-state index contributed by atoms with van der Waals surface area (Å²) in [5.41, 5.74) is 0. The van der Waals surface area contributed by atoms with Crippen LogP contribution in [0, 0.1) is 0 Å². The lowest BCUT2D eigenvalue weighted by atomic mass is 9.94. The first-order chi connectivity index (χ1) is 11.1. The van der Waals surface area contributed by atoms with E-state index >= 15 is 0 Å². The van der Waals surface area contributed by atoms with Crippen LogP contribution >= 0.6 is 0 Å². The number of nitrogens with one attached hydrogen (secondary N) is 1. The third-order valence-corrected chi connectivity index (χ3v) is 5.26. The largest absolute Gasteiger partial charge is 0.460 e. The van der Waals surface area contributed by atoms with Gasteiger partial charge in [0.1, 0.15) is 11.0 Å². The zero-order valence-corrected chi connectivity index (χ0v) is 13.3. The van der Waals surface area contributed by atoms with Crippen molar-refractivity contribution in [2.24, 2.45) is 0 Å². The number of hydrogen-bond donors (Lipinski definition) is 1. The molecule has 0 aromatic carbocycles. The fourth-order valence-corrected chi connectivity index (χ4v) is 3.86. The molecule has 122 valence electrons. The highest BCUT2D eigenvalue weighted by molar-refractivity contribution is 7.89. The second-order valence-corrected chi connectivity index (χ2v) is 7.15. The van der Waals surface area contributed by atoms with E-state index in [4.69, 9.17) is 4.74 Å². The number of sulfonamides is 1. The SMILES string of the molecule is O=S(=O)(NC1CCC(Oc2ncccn2)CC1)c1cccnc1. The van der Waals surface area contributed by atoms with Gasteiger partial charge < -0.3 is 4.74 Å². The Morgan fingerprint density at radius 2 is 1.78 bits per heavy atom. The van der Waals surface area contributed by atoms with Gasteiger partial charge in [-0.05, 0) is 43.9 Å². The van der Waals surface area contributed by atoms with Crippen molar-refractivity contribution in [1.29, 1.82) is 0 Å². The number of rotatable bonds is 5. The summed E-state index contributed by atoms with van der Waals surface area (Å²) in [7, 11) is -3.51. The first-order valence-electron chi connectivity index (χ1n) is 7.49. The van der Waals surface area contributed by atoms with Gasteiger partial charge in [0.2, 0.25) is 10.0 Å². The smallest absolute Gasteiger partial charge is 0.316 e. The lowest BCUT2D eigenvalue weighted by Gasteiger charge is -2.28. The van der Waals surface area contributed by atoms with E-state index in [-0.39, 0.29) is 17.0 Å². The lowest BCUT2D eigenvalue weighted by molar-refractivity contribution is 0.132. The minimum absolute atomic E-state index is 0.0246. The Morgan fingerprint density at radius 3 is 2.43 bits per heavy atom. The molecule has 0 spiro atoms. The molecule has 0 radical (unpaired) electrons. The normalized spacial score (nSPS) is 21.7. The fourth-order valence-electron chi connectivity index (χ4n) is 2.59. The van der Waals surface area contributed by atoms with Crippen molar-refractivity contribution in [1.82, 2.24) is 19.7 Å². The molecule has 7 nitrogen and oxygen atoms in total. The van der Waals surface area contributed by atoms with Crippen LogP contribution in [-0.4, -0.2) is 35.5 Å². The molecule has 1 N–H and O–H groups in total. The Kier molecular flexibility index (Phi) is 4.82. The van der Waals surface area contributed by atoms with Gasteiger partial charge in [-0.3, -0.25) is 4.98 Å². The van der Waals surface area contributed by atoms with E-state index in [9.17, 15) is 8.42 Å². The predicted molar refractivity (Wildman–Crippen MR) is 83.3 cm³/mol. The summed E-state index contributed by atoms with van der Waals surface area (Å²) in [5, 5.41) is 0. The number of hydrogen-bond acceptors (Lipinski definition) is 6. The third-order valence-electron chi connectivity index (χ3n) is 3.75. The first-order valence-corrected chi connectivity index (χ1v) is 8.98. The van der Waals surface area contributed by atoms with Gasteiger partial charge in [-0.2, -0.15) is 0 Å². The average Bonchev–Trinajstić information content (AvgIpc) is 2.58. The summed E-state index contributed by atoms with van der Waals surface area (Å²) in [5.74, 6) is 0. The van der Waals surface area contributed by atoms with E-state index < -0.39 is 10.0 Å². The van der Waals surface area contributed by atoms with Gasteiger partial charge in [0.25, 0.3) is 0 Å². The van der Waals surface area contributed by atoms with Crippen LogP contribution in [-0.2, 0) is 10.0 Å². The molecule has 2 aromatic rings. The standard InChI is InChI=1S/C15H18N4O3S/c20-23(21,14-3-1-8-16-11-14)19-12-4-6-13(7-5-12)22-15-17-9-2-10-18-15/h1-3,8-13,19H,4-7H2. The monoisotopic (exact) mass is 334 g/mol. The molecule has 0 aliphatic heterocycles. The van der Waals surface area contributed by atoms with Crippen molar-refractivity contribution in [3.63, 3.8) is 0 Å². The molecule has 23 heavy (non-hydrogen) atoms. The molecule has 1 aliphatic carbocycles. The van der Waals surface area contributed by atoms with Crippen LogP contribution in [0.15, 0.2) is 47.9 Å². The van der Waals surface area contributed by atoms with Crippen molar-refractivity contribution < 1.29 is 13.2 Å². The molecule has 1 aliphatic rings. The summed E-state index contributed by atoms with van der Waals surface area (Å²) in [4.78, 5) is 12.1. The maximum Gasteiger partial charge on any atom is 0.316 e. The summed E-state index contributed by atoms with van der Waals surface area (Å²) in [6.07, 6.45) is 9.16. The van der Waals surface area contributed by atoms with E-state index in [0.29, 0.717) is 6.01 Å². The van der Waals surface area contributed by atoms with E-state index in [2.05, 4.69) is 19.7 Å². The minimum atomic E-state index is -3.51. The third kappa shape index (κ3) is 4.23. The van der Waals surface area contributed by atoms with Crippen molar-refractivity contribution in [3.05, 3.63) is 43.0 Å². The Labute approximate surface area is 135 Å². The van der Waals surface area contributed by atoms with Gasteiger partial charge in [-0.1, -0.05) is 0 Å². The summed E-state index contributed by atoms with van der Waals surface area (Å²) in [6.45, 7) is 0. The lowest BCUT2D eigenvalue weighted by Crippen LogP contribution is -2.39. The number of aromatic nitrogens is 3. The molecule has 0 amide bonds. The highest BCUT2D eigenvalue weighted by Crippen LogP contribution is 2.23. The van der Waals surface area contributed by atoms with Gasteiger partial charge >= 0.3 is 6.01 Å². The van der Waals surface area contributed by atoms with E-state index in [0.717, 1.165) is 25.7 Å². The molecule has 1 fully saturated rings. The molecular formula is C15H18N4O3S. The van der Waals surface area contributed by atoms with Crippen LogP contribution in [0.1, 0.15) is 25.7 Å². The average molecular weight is 334 g/mol. The van der Waals surface area contributed by atoms with Crippen molar-refractivity contribution >= 4 is 10.0 Å².